The van der Waals surface area contributed by atoms with Gasteiger partial charge in [0.15, 0.2) is 0 Å². The molecular formula is C24H30N2O3. The maximum absolute atomic E-state index is 12.9. The van der Waals surface area contributed by atoms with Gasteiger partial charge < -0.3 is 9.47 Å². The van der Waals surface area contributed by atoms with Crippen LogP contribution in [-0.2, 0) is 22.6 Å². The lowest BCUT2D eigenvalue weighted by Crippen LogP contribution is -2.63. The van der Waals surface area contributed by atoms with E-state index >= 15 is 0 Å². The summed E-state index contributed by atoms with van der Waals surface area (Å²) < 4.78 is 11.5. The van der Waals surface area contributed by atoms with Crippen LogP contribution in [0.15, 0.2) is 54.6 Å². The van der Waals surface area contributed by atoms with Gasteiger partial charge in [0.2, 0.25) is 0 Å². The molecule has 4 rings (SSSR count). The number of hydrogen-bond donors (Lipinski definition) is 0. The van der Waals surface area contributed by atoms with Crippen molar-refractivity contribution in [3.63, 3.8) is 0 Å². The summed E-state index contributed by atoms with van der Waals surface area (Å²) in [5, 5.41) is 0. The molecule has 1 amide bonds. The molecule has 2 aromatic rings. The van der Waals surface area contributed by atoms with Gasteiger partial charge in [0.05, 0.1) is 18.8 Å². The zero-order valence-electron chi connectivity index (χ0n) is 17.2. The molecule has 2 fully saturated rings. The van der Waals surface area contributed by atoms with E-state index in [-0.39, 0.29) is 11.6 Å². The Labute approximate surface area is 173 Å². The first kappa shape index (κ1) is 19.9. The fourth-order valence-electron chi connectivity index (χ4n) is 4.43. The van der Waals surface area contributed by atoms with Crippen LogP contribution in [-0.4, -0.2) is 54.3 Å². The molecule has 2 heterocycles. The van der Waals surface area contributed by atoms with Gasteiger partial charge in [0, 0.05) is 26.2 Å². The first-order chi connectivity index (χ1) is 14.1. The van der Waals surface area contributed by atoms with Crippen LogP contribution in [0.5, 0.6) is 0 Å². The lowest BCUT2D eigenvalue weighted by molar-refractivity contribution is -0.0871. The van der Waals surface area contributed by atoms with Gasteiger partial charge in [-0.1, -0.05) is 60.2 Å². The first-order valence-corrected chi connectivity index (χ1v) is 10.5. The van der Waals surface area contributed by atoms with Crippen LogP contribution in [0.4, 0.5) is 4.79 Å². The number of benzene rings is 2. The zero-order valence-corrected chi connectivity index (χ0v) is 17.2. The predicted molar refractivity (Wildman–Crippen MR) is 113 cm³/mol. The molecule has 1 spiro atoms. The molecular weight excluding hydrogens is 364 g/mol. The molecule has 0 aromatic heterocycles. The normalized spacial score (nSPS) is 19.3. The van der Waals surface area contributed by atoms with E-state index in [4.69, 9.17) is 9.47 Å². The predicted octanol–water partition coefficient (Wildman–Crippen LogP) is 4.00. The fourth-order valence-corrected chi connectivity index (χ4v) is 4.43. The minimum Gasteiger partial charge on any atom is -0.445 e. The highest BCUT2D eigenvalue weighted by Crippen LogP contribution is 2.33. The molecule has 5 heteroatoms. The highest BCUT2D eigenvalue weighted by molar-refractivity contribution is 5.69. The van der Waals surface area contributed by atoms with Crippen LogP contribution in [0.25, 0.3) is 0 Å². The average Bonchev–Trinajstić information content (AvgIpc) is 2.75. The van der Waals surface area contributed by atoms with Gasteiger partial charge in [-0.2, -0.15) is 0 Å². The third kappa shape index (κ3) is 4.80. The number of carbonyl (C=O) groups is 1. The van der Waals surface area contributed by atoms with Crippen molar-refractivity contribution in [3.05, 3.63) is 71.3 Å². The summed E-state index contributed by atoms with van der Waals surface area (Å²) in [5.41, 5.74) is 3.41. The second-order valence-corrected chi connectivity index (χ2v) is 8.23. The Kier molecular flexibility index (Phi) is 6.16. The quantitative estimate of drug-likeness (QED) is 0.786. The number of morpholine rings is 1. The third-order valence-corrected chi connectivity index (χ3v) is 6.10. The molecule has 154 valence electrons. The van der Waals surface area contributed by atoms with Crippen molar-refractivity contribution in [1.29, 1.82) is 0 Å². The standard InChI is InChI=1S/C24H30N2O3/c1-20-6-5-9-22(16-20)17-25-12-10-24(11-13-25)19-28-15-14-26(24)23(27)29-18-21-7-3-2-4-8-21/h2-9,16H,10-15,17-19H2,1H3. The van der Waals surface area contributed by atoms with Gasteiger partial charge >= 0.3 is 6.09 Å². The van der Waals surface area contributed by atoms with Gasteiger partial charge in [-0.05, 0) is 30.9 Å². The molecule has 2 aromatic carbocycles. The Bertz CT molecular complexity index is 816. The number of aryl methyl sites for hydroxylation is 1. The summed E-state index contributed by atoms with van der Waals surface area (Å²) in [6.07, 6.45) is 1.61. The molecule has 0 saturated carbocycles. The molecule has 0 bridgehead atoms. The number of likely N-dealkylation sites (tertiary alicyclic amines) is 1. The topological polar surface area (TPSA) is 42.0 Å². The zero-order chi connectivity index (χ0) is 20.1. The van der Waals surface area contributed by atoms with Gasteiger partial charge in [-0.15, -0.1) is 0 Å². The summed E-state index contributed by atoms with van der Waals surface area (Å²) in [6.45, 7) is 7.10. The van der Waals surface area contributed by atoms with E-state index in [1.54, 1.807) is 0 Å². The van der Waals surface area contributed by atoms with Crippen molar-refractivity contribution in [1.82, 2.24) is 9.80 Å². The van der Waals surface area contributed by atoms with E-state index in [9.17, 15) is 4.79 Å². The number of rotatable bonds is 4. The van der Waals surface area contributed by atoms with Gasteiger partial charge in [-0.25, -0.2) is 4.79 Å². The fraction of sp³-hybridized carbons (Fsp3) is 0.458. The lowest BCUT2D eigenvalue weighted by atomic mass is 9.85. The van der Waals surface area contributed by atoms with Crippen molar-refractivity contribution in [2.75, 3.05) is 32.8 Å². The average molecular weight is 395 g/mol. The van der Waals surface area contributed by atoms with Crippen LogP contribution in [0.2, 0.25) is 0 Å². The van der Waals surface area contributed by atoms with E-state index < -0.39 is 0 Å². The van der Waals surface area contributed by atoms with Crippen LogP contribution in [0, 0.1) is 6.92 Å². The molecule has 0 atom stereocenters. The molecule has 2 aliphatic heterocycles. The van der Waals surface area contributed by atoms with E-state index in [1.807, 2.05) is 35.2 Å². The molecule has 2 aliphatic rings. The van der Waals surface area contributed by atoms with Crippen molar-refractivity contribution in [2.24, 2.45) is 0 Å². The van der Waals surface area contributed by atoms with Gasteiger partial charge in [0.25, 0.3) is 0 Å². The third-order valence-electron chi connectivity index (χ3n) is 6.10. The first-order valence-electron chi connectivity index (χ1n) is 10.5. The molecule has 0 N–H and O–H groups in total. The summed E-state index contributed by atoms with van der Waals surface area (Å²) in [6, 6.07) is 18.5. The van der Waals surface area contributed by atoms with Crippen molar-refractivity contribution in [2.45, 2.75) is 38.5 Å². The van der Waals surface area contributed by atoms with E-state index in [0.29, 0.717) is 26.4 Å². The van der Waals surface area contributed by atoms with Crippen molar-refractivity contribution in [3.8, 4) is 0 Å². The Hall–Kier alpha value is -2.37. The molecule has 2 saturated heterocycles. The second kappa shape index (κ2) is 8.97. The van der Waals surface area contributed by atoms with Crippen molar-refractivity contribution < 1.29 is 14.3 Å². The molecule has 29 heavy (non-hydrogen) atoms. The van der Waals surface area contributed by atoms with Crippen LogP contribution < -0.4 is 0 Å². The largest absolute Gasteiger partial charge is 0.445 e. The highest BCUT2D eigenvalue weighted by Gasteiger charge is 2.45. The van der Waals surface area contributed by atoms with Gasteiger partial charge in [0.1, 0.15) is 6.61 Å². The minimum atomic E-state index is -0.241. The number of hydrogen-bond acceptors (Lipinski definition) is 4. The summed E-state index contributed by atoms with van der Waals surface area (Å²) in [7, 11) is 0. The molecule has 0 unspecified atom stereocenters. The van der Waals surface area contributed by atoms with Crippen LogP contribution in [0.1, 0.15) is 29.5 Å². The lowest BCUT2D eigenvalue weighted by Gasteiger charge is -2.50. The Morgan fingerprint density at radius 3 is 2.55 bits per heavy atom. The SMILES string of the molecule is Cc1cccc(CN2CCC3(CC2)COCCN3C(=O)OCc2ccccc2)c1. The Morgan fingerprint density at radius 1 is 1.03 bits per heavy atom. The van der Waals surface area contributed by atoms with Gasteiger partial charge in [-0.3, -0.25) is 9.80 Å². The molecule has 0 aliphatic carbocycles. The monoisotopic (exact) mass is 394 g/mol. The second-order valence-electron chi connectivity index (χ2n) is 8.23. The Balaban J connectivity index is 1.36. The number of amides is 1. The van der Waals surface area contributed by atoms with E-state index in [1.165, 1.54) is 11.1 Å². The van der Waals surface area contributed by atoms with Crippen molar-refractivity contribution >= 4 is 6.09 Å². The van der Waals surface area contributed by atoms with E-state index in [0.717, 1.165) is 38.0 Å². The number of piperidine rings is 1. The maximum Gasteiger partial charge on any atom is 0.410 e. The van der Waals surface area contributed by atoms with Crippen LogP contribution in [0.3, 0.4) is 0 Å². The molecule has 0 radical (unpaired) electrons. The number of nitrogens with zero attached hydrogens (tertiary/aromatic N) is 2. The summed E-state index contributed by atoms with van der Waals surface area (Å²) in [4.78, 5) is 17.3. The minimum absolute atomic E-state index is 0.218. The van der Waals surface area contributed by atoms with E-state index in [2.05, 4.69) is 36.1 Å². The van der Waals surface area contributed by atoms with Crippen LogP contribution >= 0.6 is 0 Å². The number of carbonyl (C=O) groups excluding carboxylic acids is 1. The maximum atomic E-state index is 12.9. The molecule has 5 nitrogen and oxygen atoms in total. The summed E-state index contributed by atoms with van der Waals surface area (Å²) in [5.74, 6) is 0. The highest BCUT2D eigenvalue weighted by atomic mass is 16.6. The summed E-state index contributed by atoms with van der Waals surface area (Å²) >= 11 is 0. The Morgan fingerprint density at radius 2 is 1.79 bits per heavy atom. The smallest absolute Gasteiger partial charge is 0.410 e. The number of ether oxygens (including phenoxy) is 2.